The molecule has 3 heterocycles. The van der Waals surface area contributed by atoms with Gasteiger partial charge in [-0.2, -0.15) is 0 Å². The van der Waals surface area contributed by atoms with Gasteiger partial charge in [0.25, 0.3) is 0 Å². The van der Waals surface area contributed by atoms with E-state index in [0.29, 0.717) is 0 Å². The molecule has 126 valence electrons. The van der Waals surface area contributed by atoms with E-state index in [2.05, 4.69) is 78.1 Å². The Morgan fingerprint density at radius 3 is 2.37 bits per heavy atom. The van der Waals surface area contributed by atoms with Gasteiger partial charge in [-0.05, 0) is 37.3 Å². The summed E-state index contributed by atoms with van der Waals surface area (Å²) < 4.78 is 8.78. The Kier molecular flexibility index (Phi) is 2.23. The van der Waals surface area contributed by atoms with Crippen LogP contribution in [-0.4, -0.2) is 4.40 Å². The van der Waals surface area contributed by atoms with Crippen molar-refractivity contribution in [2.45, 2.75) is 6.92 Å². The monoisotopic (exact) mass is 345 g/mol. The van der Waals surface area contributed by atoms with Crippen LogP contribution in [0.15, 0.2) is 77.2 Å². The topological polar surface area (TPSA) is 17.6 Å². The molecule has 7 rings (SSSR count). The molecule has 0 unspecified atom stereocenters. The third-order valence-electron chi connectivity index (χ3n) is 5.96. The minimum Gasteiger partial charge on any atom is -0.455 e. The Morgan fingerprint density at radius 2 is 1.44 bits per heavy atom. The van der Waals surface area contributed by atoms with Crippen molar-refractivity contribution in [3.63, 3.8) is 0 Å². The van der Waals surface area contributed by atoms with E-state index in [1.54, 1.807) is 0 Å². The molecule has 0 aliphatic carbocycles. The van der Waals surface area contributed by atoms with E-state index < -0.39 is 0 Å². The predicted molar refractivity (Wildman–Crippen MR) is 113 cm³/mol. The summed E-state index contributed by atoms with van der Waals surface area (Å²) in [7, 11) is 0. The number of para-hydroxylation sites is 2. The van der Waals surface area contributed by atoms with Gasteiger partial charge in [0.15, 0.2) is 0 Å². The number of aryl methyl sites for hydroxylation is 1. The Hall–Kier alpha value is -3.52. The molecule has 2 heteroatoms. The SMILES string of the molecule is Cc1ccc2c(c1)c1cc3c4ccccc4oc3c3c4ccccc4n2c13. The molecule has 0 atom stereocenters. The zero-order chi connectivity index (χ0) is 17.7. The molecule has 0 aliphatic rings. The van der Waals surface area contributed by atoms with E-state index in [1.165, 1.54) is 54.4 Å². The molecule has 2 nitrogen and oxygen atoms in total. The van der Waals surface area contributed by atoms with E-state index in [4.69, 9.17) is 4.42 Å². The fraction of sp³-hybridized carbons (Fsp3) is 0.0400. The Labute approximate surface area is 154 Å². The van der Waals surface area contributed by atoms with Gasteiger partial charge in [-0.1, -0.05) is 48.0 Å². The first-order chi connectivity index (χ1) is 13.3. The van der Waals surface area contributed by atoms with Crippen molar-refractivity contribution in [1.29, 1.82) is 0 Å². The zero-order valence-electron chi connectivity index (χ0n) is 14.8. The van der Waals surface area contributed by atoms with Crippen molar-refractivity contribution < 1.29 is 4.42 Å². The molecule has 7 aromatic rings. The molecule has 0 spiro atoms. The van der Waals surface area contributed by atoms with E-state index in [1.807, 2.05) is 6.07 Å². The van der Waals surface area contributed by atoms with Crippen LogP contribution >= 0.6 is 0 Å². The molecular weight excluding hydrogens is 330 g/mol. The van der Waals surface area contributed by atoms with Gasteiger partial charge in [0.2, 0.25) is 0 Å². The number of hydrogen-bond donors (Lipinski definition) is 0. The van der Waals surface area contributed by atoms with Gasteiger partial charge < -0.3 is 8.82 Å². The minimum atomic E-state index is 0.952. The van der Waals surface area contributed by atoms with Gasteiger partial charge in [0.1, 0.15) is 11.2 Å². The molecule has 0 amide bonds. The van der Waals surface area contributed by atoms with Crippen LogP contribution in [0, 0.1) is 6.92 Å². The van der Waals surface area contributed by atoms with Gasteiger partial charge in [0, 0.05) is 26.9 Å². The summed E-state index contributed by atoms with van der Waals surface area (Å²) >= 11 is 0. The van der Waals surface area contributed by atoms with Gasteiger partial charge in [-0.15, -0.1) is 0 Å². The fourth-order valence-corrected chi connectivity index (χ4v) is 4.85. The van der Waals surface area contributed by atoms with Gasteiger partial charge in [-0.3, -0.25) is 0 Å². The second-order valence-corrected chi connectivity index (χ2v) is 7.50. The predicted octanol–water partition coefficient (Wildman–Crippen LogP) is 7.04. The quantitative estimate of drug-likeness (QED) is 0.288. The average Bonchev–Trinajstić information content (AvgIpc) is 3.33. The highest BCUT2D eigenvalue weighted by atomic mass is 16.3. The molecule has 27 heavy (non-hydrogen) atoms. The highest BCUT2D eigenvalue weighted by Gasteiger charge is 2.22. The largest absolute Gasteiger partial charge is 0.455 e. The van der Waals surface area contributed by atoms with Crippen LogP contribution in [0.25, 0.3) is 60.0 Å². The first-order valence-electron chi connectivity index (χ1n) is 9.30. The molecule has 0 radical (unpaired) electrons. The van der Waals surface area contributed by atoms with Crippen LogP contribution in [0.2, 0.25) is 0 Å². The minimum absolute atomic E-state index is 0.952. The molecule has 3 aromatic heterocycles. The third kappa shape index (κ3) is 1.49. The summed E-state index contributed by atoms with van der Waals surface area (Å²) in [5.41, 5.74) is 7.00. The number of furan rings is 1. The molecule has 4 aromatic carbocycles. The maximum absolute atomic E-state index is 6.38. The lowest BCUT2D eigenvalue weighted by Gasteiger charge is -1.99. The lowest BCUT2D eigenvalue weighted by Crippen LogP contribution is -1.80. The van der Waals surface area contributed by atoms with Gasteiger partial charge in [-0.25, -0.2) is 0 Å². The smallest absolute Gasteiger partial charge is 0.145 e. The van der Waals surface area contributed by atoms with Crippen molar-refractivity contribution in [3.8, 4) is 0 Å². The standard InChI is InChI=1S/C25H15NO/c1-14-10-11-21-17(12-14)18-13-19-15-6-3-5-9-22(15)27-25(19)23-16-7-2-4-8-20(16)26(21)24(18)23/h2-13H,1H3. The van der Waals surface area contributed by atoms with Crippen LogP contribution in [0.3, 0.4) is 0 Å². The van der Waals surface area contributed by atoms with Crippen LogP contribution < -0.4 is 0 Å². The normalized spacial score (nSPS) is 12.6. The highest BCUT2D eigenvalue weighted by molar-refractivity contribution is 6.32. The molecule has 0 fully saturated rings. The molecule has 0 bridgehead atoms. The Balaban J connectivity index is 1.94. The van der Waals surface area contributed by atoms with Crippen molar-refractivity contribution in [2.24, 2.45) is 0 Å². The molecule has 0 saturated heterocycles. The first-order valence-corrected chi connectivity index (χ1v) is 9.30. The third-order valence-corrected chi connectivity index (χ3v) is 5.96. The Morgan fingerprint density at radius 1 is 0.667 bits per heavy atom. The van der Waals surface area contributed by atoms with E-state index in [9.17, 15) is 0 Å². The lowest BCUT2D eigenvalue weighted by molar-refractivity contribution is 0.673. The zero-order valence-corrected chi connectivity index (χ0v) is 14.8. The van der Waals surface area contributed by atoms with Crippen LogP contribution in [0.5, 0.6) is 0 Å². The molecular formula is C25H15NO. The summed E-state index contributed by atoms with van der Waals surface area (Å²) in [6, 6.07) is 26.1. The average molecular weight is 345 g/mol. The summed E-state index contributed by atoms with van der Waals surface area (Å²) in [5, 5.41) is 7.48. The van der Waals surface area contributed by atoms with Crippen LogP contribution in [-0.2, 0) is 0 Å². The van der Waals surface area contributed by atoms with E-state index in [-0.39, 0.29) is 0 Å². The number of hydrogen-bond acceptors (Lipinski definition) is 1. The summed E-state index contributed by atoms with van der Waals surface area (Å²) in [6.07, 6.45) is 0. The van der Waals surface area contributed by atoms with Crippen molar-refractivity contribution in [3.05, 3.63) is 78.4 Å². The second kappa shape index (κ2) is 4.41. The van der Waals surface area contributed by atoms with Gasteiger partial charge in [0.05, 0.1) is 21.9 Å². The number of benzene rings is 4. The van der Waals surface area contributed by atoms with Crippen molar-refractivity contribution >= 4 is 60.0 Å². The number of rotatable bonds is 0. The number of nitrogens with zero attached hydrogens (tertiary/aromatic N) is 1. The maximum atomic E-state index is 6.38. The number of fused-ring (bicyclic) bond motifs is 10. The van der Waals surface area contributed by atoms with E-state index in [0.717, 1.165) is 11.2 Å². The summed E-state index contributed by atoms with van der Waals surface area (Å²) in [4.78, 5) is 0. The fourth-order valence-electron chi connectivity index (χ4n) is 4.85. The van der Waals surface area contributed by atoms with Crippen LogP contribution in [0.1, 0.15) is 5.56 Å². The highest BCUT2D eigenvalue weighted by Crippen LogP contribution is 2.45. The first kappa shape index (κ1) is 13.7. The molecule has 0 N–H and O–H groups in total. The molecule has 0 saturated carbocycles. The Bertz CT molecular complexity index is 1680. The summed E-state index contributed by atoms with van der Waals surface area (Å²) in [6.45, 7) is 2.16. The maximum Gasteiger partial charge on any atom is 0.145 e. The van der Waals surface area contributed by atoms with Gasteiger partial charge >= 0.3 is 0 Å². The summed E-state index contributed by atoms with van der Waals surface area (Å²) in [5.74, 6) is 0. The van der Waals surface area contributed by atoms with E-state index >= 15 is 0 Å². The van der Waals surface area contributed by atoms with Crippen LogP contribution in [0.4, 0.5) is 0 Å². The van der Waals surface area contributed by atoms with Crippen molar-refractivity contribution in [1.82, 2.24) is 4.40 Å². The second-order valence-electron chi connectivity index (χ2n) is 7.50. The molecule has 0 aliphatic heterocycles. The number of aromatic nitrogens is 1. The van der Waals surface area contributed by atoms with Crippen molar-refractivity contribution in [2.75, 3.05) is 0 Å². The lowest BCUT2D eigenvalue weighted by atomic mass is 10.0.